The average molecular weight is 370 g/mol. The summed E-state index contributed by atoms with van der Waals surface area (Å²) < 4.78 is 10.9. The number of likely N-dealkylation sites (tertiary alicyclic amines) is 1. The van der Waals surface area contributed by atoms with Gasteiger partial charge >= 0.3 is 0 Å². The van der Waals surface area contributed by atoms with E-state index in [1.807, 2.05) is 6.07 Å². The van der Waals surface area contributed by atoms with Gasteiger partial charge in [0.2, 0.25) is 17.7 Å². The minimum Gasteiger partial charge on any atom is -0.480 e. The summed E-state index contributed by atoms with van der Waals surface area (Å²) >= 11 is 0. The lowest BCUT2D eigenvalue weighted by Gasteiger charge is -2.32. The van der Waals surface area contributed by atoms with Crippen molar-refractivity contribution in [2.24, 2.45) is 0 Å². The zero-order chi connectivity index (χ0) is 19.1. The van der Waals surface area contributed by atoms with E-state index in [1.54, 1.807) is 29.2 Å². The monoisotopic (exact) mass is 370 g/mol. The third-order valence-electron chi connectivity index (χ3n) is 4.25. The second-order valence-corrected chi connectivity index (χ2v) is 6.17. The molecule has 0 radical (unpaired) electrons. The fourth-order valence-electron chi connectivity index (χ4n) is 2.88. The predicted molar refractivity (Wildman–Crippen MR) is 97.6 cm³/mol. The second-order valence-electron chi connectivity index (χ2n) is 6.17. The Hall–Kier alpha value is -3.16. The molecule has 2 aromatic rings. The highest BCUT2D eigenvalue weighted by atomic mass is 16.5. The number of hydrogen-bond acceptors (Lipinski definition) is 6. The van der Waals surface area contributed by atoms with Gasteiger partial charge in [-0.3, -0.25) is 14.6 Å². The van der Waals surface area contributed by atoms with Gasteiger partial charge < -0.3 is 19.7 Å². The number of carbonyl (C=O) groups excluding carboxylic acids is 2. The third-order valence-corrected chi connectivity index (χ3v) is 4.25. The number of ether oxygens (including phenoxy) is 2. The summed E-state index contributed by atoms with van der Waals surface area (Å²) in [6.07, 6.45) is 4.48. The van der Waals surface area contributed by atoms with Crippen molar-refractivity contribution in [3.8, 4) is 11.8 Å². The number of hydrogen-bond donors (Lipinski definition) is 1. The van der Waals surface area contributed by atoms with Gasteiger partial charge in [0.25, 0.3) is 5.91 Å². The molecule has 3 rings (SSSR count). The number of carbonyl (C=O) groups is 2. The number of benzene rings is 1. The molecule has 27 heavy (non-hydrogen) atoms. The van der Waals surface area contributed by atoms with Gasteiger partial charge in [0.1, 0.15) is 6.10 Å². The van der Waals surface area contributed by atoms with Crippen LogP contribution in [0.2, 0.25) is 0 Å². The molecule has 2 amide bonds. The van der Waals surface area contributed by atoms with Crippen molar-refractivity contribution in [3.63, 3.8) is 0 Å². The van der Waals surface area contributed by atoms with Crippen molar-refractivity contribution in [3.05, 3.63) is 48.3 Å². The highest BCUT2D eigenvalue weighted by molar-refractivity contribution is 5.96. The van der Waals surface area contributed by atoms with Crippen LogP contribution in [0.5, 0.6) is 11.8 Å². The Balaban J connectivity index is 1.51. The molecule has 8 nitrogen and oxygen atoms in total. The van der Waals surface area contributed by atoms with E-state index in [0.29, 0.717) is 30.4 Å². The third kappa shape index (κ3) is 5.16. The molecule has 2 heterocycles. The van der Waals surface area contributed by atoms with Crippen molar-refractivity contribution in [1.29, 1.82) is 0 Å². The van der Waals surface area contributed by atoms with E-state index in [-0.39, 0.29) is 24.5 Å². The molecule has 1 fully saturated rings. The van der Waals surface area contributed by atoms with E-state index in [4.69, 9.17) is 9.47 Å². The highest BCUT2D eigenvalue weighted by Gasteiger charge is 2.25. The first-order chi connectivity index (χ1) is 13.2. The first-order valence-electron chi connectivity index (χ1n) is 8.79. The standard InChI is InChI=1S/C19H22N4O4/c1-26-16-10-20-11-17(22-16)27-15-8-5-9-23(13-15)18(24)12-21-19(25)14-6-3-2-4-7-14/h2-4,6-7,10-11,15H,5,8-9,12-13H2,1H3,(H,21,25). The molecule has 1 aromatic carbocycles. The van der Waals surface area contributed by atoms with Crippen LogP contribution < -0.4 is 14.8 Å². The van der Waals surface area contributed by atoms with E-state index in [1.165, 1.54) is 19.5 Å². The topological polar surface area (TPSA) is 93.7 Å². The average Bonchev–Trinajstić information content (AvgIpc) is 2.72. The normalized spacial score (nSPS) is 16.5. The molecule has 0 bridgehead atoms. The SMILES string of the molecule is COc1cncc(OC2CCCN(C(=O)CNC(=O)c3ccccc3)C2)n1. The zero-order valence-corrected chi connectivity index (χ0v) is 15.1. The van der Waals surface area contributed by atoms with Crippen molar-refractivity contribution in [2.75, 3.05) is 26.7 Å². The fourth-order valence-corrected chi connectivity index (χ4v) is 2.88. The molecular weight excluding hydrogens is 348 g/mol. The van der Waals surface area contributed by atoms with Crippen LogP contribution in [0.1, 0.15) is 23.2 Å². The van der Waals surface area contributed by atoms with E-state index in [0.717, 1.165) is 12.8 Å². The smallest absolute Gasteiger partial charge is 0.251 e. The maximum atomic E-state index is 12.4. The molecule has 0 spiro atoms. The molecule has 0 aliphatic carbocycles. The molecule has 1 unspecified atom stereocenters. The molecule has 1 aromatic heterocycles. The van der Waals surface area contributed by atoms with Gasteiger partial charge in [-0.05, 0) is 25.0 Å². The second kappa shape index (κ2) is 8.98. The van der Waals surface area contributed by atoms with Crippen molar-refractivity contribution in [2.45, 2.75) is 18.9 Å². The summed E-state index contributed by atoms with van der Waals surface area (Å²) in [7, 11) is 1.51. The Morgan fingerprint density at radius 1 is 1.22 bits per heavy atom. The Kier molecular flexibility index (Phi) is 6.19. The summed E-state index contributed by atoms with van der Waals surface area (Å²) in [6, 6.07) is 8.82. The van der Waals surface area contributed by atoms with Crippen molar-refractivity contribution in [1.82, 2.24) is 20.2 Å². The van der Waals surface area contributed by atoms with Gasteiger partial charge in [-0.25, -0.2) is 0 Å². The number of piperidine rings is 1. The minimum absolute atomic E-state index is 0.0422. The molecule has 1 aliphatic heterocycles. The fraction of sp³-hybridized carbons (Fsp3) is 0.368. The Morgan fingerprint density at radius 2 is 2.00 bits per heavy atom. The molecule has 8 heteroatoms. The maximum absolute atomic E-state index is 12.4. The van der Waals surface area contributed by atoms with Crippen LogP contribution in [0.3, 0.4) is 0 Å². The van der Waals surface area contributed by atoms with Crippen LogP contribution in [0.25, 0.3) is 0 Å². The van der Waals surface area contributed by atoms with Gasteiger partial charge in [-0.2, -0.15) is 4.98 Å². The van der Waals surface area contributed by atoms with Crippen molar-refractivity contribution >= 4 is 11.8 Å². The van der Waals surface area contributed by atoms with E-state index < -0.39 is 0 Å². The largest absolute Gasteiger partial charge is 0.480 e. The number of nitrogens with one attached hydrogen (secondary N) is 1. The predicted octanol–water partition coefficient (Wildman–Crippen LogP) is 1.28. The lowest BCUT2D eigenvalue weighted by atomic mass is 10.1. The van der Waals surface area contributed by atoms with Crippen LogP contribution in [0.15, 0.2) is 42.7 Å². The summed E-state index contributed by atoms with van der Waals surface area (Å²) in [5.41, 5.74) is 0.529. The maximum Gasteiger partial charge on any atom is 0.251 e. The molecule has 1 N–H and O–H groups in total. The first-order valence-corrected chi connectivity index (χ1v) is 8.79. The first kappa shape index (κ1) is 18.6. The van der Waals surface area contributed by atoms with Gasteiger partial charge in [0.05, 0.1) is 32.6 Å². The number of aromatic nitrogens is 2. The van der Waals surface area contributed by atoms with Crippen LogP contribution in [0, 0.1) is 0 Å². The Bertz CT molecular complexity index is 784. The van der Waals surface area contributed by atoms with Gasteiger partial charge in [-0.15, -0.1) is 0 Å². The van der Waals surface area contributed by atoms with Gasteiger partial charge in [0, 0.05) is 12.1 Å². The summed E-state index contributed by atoms with van der Waals surface area (Å²) in [5, 5.41) is 2.67. The van der Waals surface area contributed by atoms with Crippen LogP contribution in [-0.4, -0.2) is 59.5 Å². The number of amides is 2. The minimum atomic E-state index is -0.264. The number of methoxy groups -OCH3 is 1. The molecule has 1 atom stereocenters. The van der Waals surface area contributed by atoms with Crippen LogP contribution in [0.4, 0.5) is 0 Å². The van der Waals surface area contributed by atoms with Gasteiger partial charge in [-0.1, -0.05) is 18.2 Å². The van der Waals surface area contributed by atoms with Gasteiger partial charge in [0.15, 0.2) is 0 Å². The van der Waals surface area contributed by atoms with Crippen LogP contribution >= 0.6 is 0 Å². The molecule has 142 valence electrons. The Labute approximate surface area is 157 Å². The van der Waals surface area contributed by atoms with E-state index in [2.05, 4.69) is 15.3 Å². The Morgan fingerprint density at radius 3 is 2.78 bits per heavy atom. The molecule has 0 saturated carbocycles. The van der Waals surface area contributed by atoms with Crippen molar-refractivity contribution < 1.29 is 19.1 Å². The number of nitrogens with zero attached hydrogens (tertiary/aromatic N) is 3. The lowest BCUT2D eigenvalue weighted by molar-refractivity contribution is -0.132. The highest BCUT2D eigenvalue weighted by Crippen LogP contribution is 2.18. The quantitative estimate of drug-likeness (QED) is 0.823. The zero-order valence-electron chi connectivity index (χ0n) is 15.1. The number of rotatable bonds is 6. The van der Waals surface area contributed by atoms with E-state index in [9.17, 15) is 9.59 Å². The van der Waals surface area contributed by atoms with E-state index >= 15 is 0 Å². The summed E-state index contributed by atoms with van der Waals surface area (Å²) in [5.74, 6) is 0.343. The molecule has 1 saturated heterocycles. The van der Waals surface area contributed by atoms with Crippen LogP contribution in [-0.2, 0) is 4.79 Å². The summed E-state index contributed by atoms with van der Waals surface area (Å²) in [6.45, 7) is 1.04. The molecular formula is C19H22N4O4. The molecule has 1 aliphatic rings. The lowest BCUT2D eigenvalue weighted by Crippen LogP contribution is -2.48. The summed E-state index contributed by atoms with van der Waals surface area (Å²) in [4.78, 5) is 34.4.